The van der Waals surface area contributed by atoms with Crippen LogP contribution in [-0.2, 0) is 25.5 Å². The number of fused-ring (bicyclic) bond motifs is 1. The number of Topliss-reactive ketones (excluding diaryl/α,β-unsaturated/α-hetero) is 1. The second kappa shape index (κ2) is 6.65. The molecule has 1 saturated carbocycles. The summed E-state index contributed by atoms with van der Waals surface area (Å²) >= 11 is 0. The number of carboxylic acids is 1. The molecule has 1 aliphatic carbocycles. The smallest absolute Gasteiger partial charge is 0.307 e. The molecule has 3 rings (SSSR count). The molecular weight excluding hydrogens is 308 g/mol. The van der Waals surface area contributed by atoms with E-state index in [0.29, 0.717) is 12.8 Å². The predicted octanol–water partition coefficient (Wildman–Crippen LogP) is 2.58. The van der Waals surface area contributed by atoms with Gasteiger partial charge in [0.05, 0.1) is 18.1 Å². The molecule has 5 nitrogen and oxygen atoms in total. The highest BCUT2D eigenvalue weighted by Gasteiger charge is 2.46. The van der Waals surface area contributed by atoms with Gasteiger partial charge < -0.3 is 14.6 Å². The van der Waals surface area contributed by atoms with E-state index in [1.54, 1.807) is 0 Å². The van der Waals surface area contributed by atoms with E-state index < -0.39 is 17.8 Å². The third-order valence-electron chi connectivity index (χ3n) is 5.36. The molecule has 5 heteroatoms. The highest BCUT2D eigenvalue weighted by atomic mass is 16.7. The minimum atomic E-state index is -0.917. The summed E-state index contributed by atoms with van der Waals surface area (Å²) in [5, 5.41) is 9.54. The van der Waals surface area contributed by atoms with Crippen molar-refractivity contribution in [1.29, 1.82) is 0 Å². The van der Waals surface area contributed by atoms with E-state index in [-0.39, 0.29) is 31.2 Å². The molecule has 1 saturated heterocycles. The maximum Gasteiger partial charge on any atom is 0.307 e. The zero-order chi connectivity index (χ0) is 17.4. The van der Waals surface area contributed by atoms with Crippen molar-refractivity contribution in [3.63, 3.8) is 0 Å². The van der Waals surface area contributed by atoms with Crippen molar-refractivity contribution >= 4 is 11.8 Å². The van der Waals surface area contributed by atoms with Crippen LogP contribution >= 0.6 is 0 Å². The Hall–Kier alpha value is -1.72. The molecule has 1 aliphatic heterocycles. The first-order valence-electron chi connectivity index (χ1n) is 8.42. The van der Waals surface area contributed by atoms with E-state index in [1.165, 1.54) is 5.56 Å². The summed E-state index contributed by atoms with van der Waals surface area (Å²) in [6, 6.07) is 4.13. The van der Waals surface area contributed by atoms with Crippen molar-refractivity contribution in [3.05, 3.63) is 34.4 Å². The number of benzene rings is 1. The summed E-state index contributed by atoms with van der Waals surface area (Å²) in [6.45, 7) is 6.23. The molecule has 0 aromatic heterocycles. The van der Waals surface area contributed by atoms with Gasteiger partial charge in [-0.15, -0.1) is 0 Å². The van der Waals surface area contributed by atoms with Crippen molar-refractivity contribution in [1.82, 2.24) is 0 Å². The van der Waals surface area contributed by atoms with Crippen LogP contribution in [0.1, 0.15) is 35.1 Å². The minimum Gasteiger partial charge on any atom is -0.481 e. The maximum atomic E-state index is 12.9. The first-order chi connectivity index (χ1) is 11.4. The number of hydrogen-bond donors (Lipinski definition) is 1. The van der Waals surface area contributed by atoms with Gasteiger partial charge in [0.15, 0.2) is 0 Å². The highest BCUT2D eigenvalue weighted by molar-refractivity contribution is 5.88. The Balaban J connectivity index is 1.81. The summed E-state index contributed by atoms with van der Waals surface area (Å²) in [7, 11) is 0. The number of ether oxygens (including phenoxy) is 2. The molecule has 0 spiro atoms. The minimum absolute atomic E-state index is 0.00796. The molecule has 1 N–H and O–H groups in total. The lowest BCUT2D eigenvalue weighted by Gasteiger charge is -2.33. The number of rotatable bonds is 4. The second-order valence-corrected chi connectivity index (χ2v) is 7.07. The molecule has 1 aromatic carbocycles. The quantitative estimate of drug-likeness (QED) is 0.917. The van der Waals surface area contributed by atoms with Gasteiger partial charge in [0, 0.05) is 12.3 Å². The van der Waals surface area contributed by atoms with Crippen LogP contribution in [0.3, 0.4) is 0 Å². The van der Waals surface area contributed by atoms with E-state index in [1.807, 2.05) is 20.8 Å². The van der Waals surface area contributed by atoms with Gasteiger partial charge in [0.1, 0.15) is 12.6 Å². The molecule has 0 bridgehead atoms. The van der Waals surface area contributed by atoms with Gasteiger partial charge in [-0.1, -0.05) is 17.7 Å². The first kappa shape index (κ1) is 17.1. The van der Waals surface area contributed by atoms with Crippen LogP contribution in [0.15, 0.2) is 12.1 Å². The zero-order valence-electron chi connectivity index (χ0n) is 14.4. The zero-order valence-corrected chi connectivity index (χ0v) is 14.4. The van der Waals surface area contributed by atoms with Crippen molar-refractivity contribution in [2.24, 2.45) is 11.8 Å². The van der Waals surface area contributed by atoms with Crippen LogP contribution in [-0.4, -0.2) is 35.9 Å². The Morgan fingerprint density at radius 1 is 1.04 bits per heavy atom. The average Bonchev–Trinajstić information content (AvgIpc) is 2.96. The molecule has 2 fully saturated rings. The monoisotopic (exact) mass is 332 g/mol. The molecule has 4 atom stereocenters. The molecule has 130 valence electrons. The lowest BCUT2D eigenvalue weighted by atomic mass is 9.73. The number of aryl methyl sites for hydroxylation is 3. The Kier molecular flexibility index (Phi) is 4.74. The van der Waals surface area contributed by atoms with E-state index in [2.05, 4.69) is 12.1 Å². The molecule has 1 heterocycles. The van der Waals surface area contributed by atoms with Gasteiger partial charge >= 0.3 is 5.97 Å². The average molecular weight is 332 g/mol. The van der Waals surface area contributed by atoms with Gasteiger partial charge in [-0.05, 0) is 50.3 Å². The fraction of sp³-hybridized carbons (Fsp3) is 0.579. The van der Waals surface area contributed by atoms with Gasteiger partial charge in [-0.25, -0.2) is 0 Å². The predicted molar refractivity (Wildman–Crippen MR) is 87.8 cm³/mol. The van der Waals surface area contributed by atoms with E-state index >= 15 is 0 Å². The summed E-state index contributed by atoms with van der Waals surface area (Å²) in [5.41, 5.74) is 4.35. The number of hydrogen-bond acceptors (Lipinski definition) is 4. The van der Waals surface area contributed by atoms with Crippen LogP contribution in [0, 0.1) is 32.6 Å². The molecule has 4 unspecified atom stereocenters. The molecule has 0 amide bonds. The van der Waals surface area contributed by atoms with E-state index in [0.717, 1.165) is 16.7 Å². The normalized spacial score (nSPS) is 29.3. The molecule has 24 heavy (non-hydrogen) atoms. The Morgan fingerprint density at radius 2 is 1.58 bits per heavy atom. The lowest BCUT2D eigenvalue weighted by molar-refractivity contribution is -0.151. The molecule has 1 aromatic rings. The van der Waals surface area contributed by atoms with Gasteiger partial charge in [0.2, 0.25) is 0 Å². The van der Waals surface area contributed by atoms with Crippen molar-refractivity contribution in [2.75, 3.05) is 6.79 Å². The number of aliphatic carboxylic acids is 1. The number of carbonyl (C=O) groups is 2. The lowest BCUT2D eigenvalue weighted by Crippen LogP contribution is -2.44. The van der Waals surface area contributed by atoms with Gasteiger partial charge in [-0.3, -0.25) is 9.59 Å². The van der Waals surface area contributed by atoms with Crippen molar-refractivity contribution in [3.8, 4) is 0 Å². The first-order valence-corrected chi connectivity index (χ1v) is 8.42. The van der Waals surface area contributed by atoms with Gasteiger partial charge in [0.25, 0.3) is 0 Å². The number of carboxylic acid groups (broad SMARTS) is 1. The molecule has 2 aliphatic rings. The van der Waals surface area contributed by atoms with Crippen molar-refractivity contribution in [2.45, 2.75) is 52.2 Å². The Labute approximate surface area is 142 Å². The van der Waals surface area contributed by atoms with Crippen LogP contribution in [0.5, 0.6) is 0 Å². The van der Waals surface area contributed by atoms with E-state index in [9.17, 15) is 14.7 Å². The second-order valence-electron chi connectivity index (χ2n) is 7.07. The van der Waals surface area contributed by atoms with Gasteiger partial charge in [-0.2, -0.15) is 0 Å². The molecule has 0 radical (unpaired) electrons. The van der Waals surface area contributed by atoms with E-state index in [4.69, 9.17) is 9.47 Å². The van der Waals surface area contributed by atoms with Crippen LogP contribution in [0.2, 0.25) is 0 Å². The standard InChI is InChI=1S/C19H24O5/c1-10-4-11(2)13(12(3)5-10)6-16(20)14-7-17-18(24-9-23-17)8-15(14)19(21)22/h4-5,14-15,17-18H,6-9H2,1-3H3,(H,21,22). The van der Waals surface area contributed by atoms with Crippen LogP contribution < -0.4 is 0 Å². The summed E-state index contributed by atoms with van der Waals surface area (Å²) in [5.74, 6) is -2.12. The highest BCUT2D eigenvalue weighted by Crippen LogP contribution is 2.38. The fourth-order valence-electron chi connectivity index (χ4n) is 4.12. The summed E-state index contributed by atoms with van der Waals surface area (Å²) < 4.78 is 10.9. The number of carbonyl (C=O) groups excluding carboxylic acids is 1. The Morgan fingerprint density at radius 3 is 2.12 bits per heavy atom. The maximum absolute atomic E-state index is 12.9. The third kappa shape index (κ3) is 3.23. The fourth-order valence-corrected chi connectivity index (χ4v) is 4.12. The summed E-state index contributed by atoms with van der Waals surface area (Å²) in [4.78, 5) is 24.5. The third-order valence-corrected chi connectivity index (χ3v) is 5.36. The molecular formula is C19H24O5. The summed E-state index contributed by atoms with van der Waals surface area (Å²) in [6.07, 6.45) is 0.713. The largest absolute Gasteiger partial charge is 0.481 e. The van der Waals surface area contributed by atoms with Crippen LogP contribution in [0.4, 0.5) is 0 Å². The Bertz CT molecular complexity index is 643. The SMILES string of the molecule is Cc1cc(C)c(CC(=O)C2CC3OCOC3CC2C(=O)O)c(C)c1. The number of ketones is 1. The topological polar surface area (TPSA) is 72.8 Å². The van der Waals surface area contributed by atoms with Crippen LogP contribution in [0.25, 0.3) is 0 Å². The van der Waals surface area contributed by atoms with Crippen molar-refractivity contribution < 1.29 is 24.2 Å².